The second-order valence-electron chi connectivity index (χ2n) is 5.08. The van der Waals surface area contributed by atoms with E-state index in [1.54, 1.807) is 4.68 Å². The fourth-order valence-corrected chi connectivity index (χ4v) is 2.11. The lowest BCUT2D eigenvalue weighted by Gasteiger charge is -2.01. The third kappa shape index (κ3) is 6.58. The third-order valence-corrected chi connectivity index (χ3v) is 3.26. The van der Waals surface area contributed by atoms with E-state index in [0.717, 1.165) is 24.8 Å². The van der Waals surface area contributed by atoms with Crippen LogP contribution in [0.15, 0.2) is 12.4 Å². The van der Waals surface area contributed by atoms with E-state index in [1.165, 1.54) is 32.1 Å². The number of Topliss-reactive ketones (excluding diaryl/α,β-unsaturated/α-hetero) is 1. The van der Waals surface area contributed by atoms with Crippen molar-refractivity contribution in [3.05, 3.63) is 18.0 Å². The molecule has 1 rings (SSSR count). The van der Waals surface area contributed by atoms with Gasteiger partial charge < -0.3 is 0 Å². The number of ketones is 1. The van der Waals surface area contributed by atoms with Gasteiger partial charge in [-0.1, -0.05) is 39.0 Å². The van der Waals surface area contributed by atoms with Crippen molar-refractivity contribution in [3.8, 4) is 0 Å². The molecule has 0 saturated heterocycles. The molecule has 3 nitrogen and oxygen atoms in total. The fourth-order valence-electron chi connectivity index (χ4n) is 2.11. The molecule has 0 spiro atoms. The number of unbranched alkanes of at least 4 members (excludes halogenated alkanes) is 5. The highest BCUT2D eigenvalue weighted by Crippen LogP contribution is 2.09. The molecule has 0 saturated carbocycles. The summed E-state index contributed by atoms with van der Waals surface area (Å²) in [6, 6.07) is 0. The van der Waals surface area contributed by atoms with Crippen molar-refractivity contribution in [1.29, 1.82) is 0 Å². The normalized spacial score (nSPS) is 10.8. The van der Waals surface area contributed by atoms with Crippen LogP contribution in [0.2, 0.25) is 0 Å². The van der Waals surface area contributed by atoms with Gasteiger partial charge in [0.05, 0.1) is 6.20 Å². The van der Waals surface area contributed by atoms with Crippen molar-refractivity contribution in [1.82, 2.24) is 9.78 Å². The van der Waals surface area contributed by atoms with Crippen LogP contribution in [-0.2, 0) is 18.3 Å². The lowest BCUT2D eigenvalue weighted by molar-refractivity contribution is -0.119. The zero-order valence-corrected chi connectivity index (χ0v) is 11.8. The predicted molar refractivity (Wildman–Crippen MR) is 74.5 cm³/mol. The number of hydrogen-bond donors (Lipinski definition) is 0. The SMILES string of the molecule is CCCCCCCCC(=O)CCc1cnn(C)c1. The maximum absolute atomic E-state index is 11.7. The molecule has 0 fully saturated rings. The standard InChI is InChI=1S/C15H26N2O/c1-3-4-5-6-7-8-9-15(18)11-10-14-12-16-17(2)13-14/h12-13H,3-11H2,1-2H3. The highest BCUT2D eigenvalue weighted by molar-refractivity contribution is 5.78. The highest BCUT2D eigenvalue weighted by Gasteiger charge is 2.03. The molecule has 0 aromatic carbocycles. The Kier molecular flexibility index (Phi) is 7.38. The van der Waals surface area contributed by atoms with Crippen LogP contribution in [0.5, 0.6) is 0 Å². The fraction of sp³-hybridized carbons (Fsp3) is 0.733. The molecular formula is C15H26N2O. The van der Waals surface area contributed by atoms with Crippen LogP contribution in [-0.4, -0.2) is 15.6 Å². The summed E-state index contributed by atoms with van der Waals surface area (Å²) in [5, 5.41) is 4.10. The zero-order valence-electron chi connectivity index (χ0n) is 11.8. The number of aryl methyl sites for hydroxylation is 2. The molecule has 3 heteroatoms. The van der Waals surface area contributed by atoms with Crippen LogP contribution >= 0.6 is 0 Å². The molecule has 1 heterocycles. The van der Waals surface area contributed by atoms with E-state index in [4.69, 9.17) is 0 Å². The van der Waals surface area contributed by atoms with Gasteiger partial charge in [0.1, 0.15) is 5.78 Å². The molecular weight excluding hydrogens is 224 g/mol. The van der Waals surface area contributed by atoms with Crippen LogP contribution in [0.3, 0.4) is 0 Å². The molecule has 0 radical (unpaired) electrons. The van der Waals surface area contributed by atoms with Crippen molar-refractivity contribution < 1.29 is 4.79 Å². The Morgan fingerprint density at radius 2 is 1.89 bits per heavy atom. The smallest absolute Gasteiger partial charge is 0.133 e. The van der Waals surface area contributed by atoms with E-state index >= 15 is 0 Å². The second-order valence-corrected chi connectivity index (χ2v) is 5.08. The Morgan fingerprint density at radius 3 is 2.56 bits per heavy atom. The first-order valence-corrected chi connectivity index (χ1v) is 7.21. The summed E-state index contributed by atoms with van der Waals surface area (Å²) < 4.78 is 1.79. The van der Waals surface area contributed by atoms with Crippen molar-refractivity contribution in [2.45, 2.75) is 64.7 Å². The first kappa shape index (κ1) is 14.9. The molecule has 0 amide bonds. The first-order chi connectivity index (χ1) is 8.72. The number of carbonyl (C=O) groups is 1. The summed E-state index contributed by atoms with van der Waals surface area (Å²) in [4.78, 5) is 11.7. The summed E-state index contributed by atoms with van der Waals surface area (Å²) >= 11 is 0. The van der Waals surface area contributed by atoms with Gasteiger partial charge in [0.15, 0.2) is 0 Å². The van der Waals surface area contributed by atoms with Crippen molar-refractivity contribution in [3.63, 3.8) is 0 Å². The van der Waals surface area contributed by atoms with E-state index in [1.807, 2.05) is 19.4 Å². The van der Waals surface area contributed by atoms with Crippen LogP contribution in [0.1, 0.15) is 63.9 Å². The Labute approximate surface area is 111 Å². The Bertz CT molecular complexity index is 344. The Morgan fingerprint density at radius 1 is 1.17 bits per heavy atom. The van der Waals surface area contributed by atoms with Gasteiger partial charge in [0.2, 0.25) is 0 Å². The lowest BCUT2D eigenvalue weighted by atomic mass is 10.0. The molecule has 0 atom stereocenters. The van der Waals surface area contributed by atoms with Crippen LogP contribution < -0.4 is 0 Å². The van der Waals surface area contributed by atoms with Crippen LogP contribution in [0, 0.1) is 0 Å². The molecule has 0 aliphatic rings. The molecule has 18 heavy (non-hydrogen) atoms. The number of carbonyl (C=O) groups excluding carboxylic acids is 1. The van der Waals surface area contributed by atoms with E-state index < -0.39 is 0 Å². The summed E-state index contributed by atoms with van der Waals surface area (Å²) in [6.45, 7) is 2.22. The van der Waals surface area contributed by atoms with Gasteiger partial charge in [-0.2, -0.15) is 5.10 Å². The van der Waals surface area contributed by atoms with E-state index in [0.29, 0.717) is 12.2 Å². The summed E-state index contributed by atoms with van der Waals surface area (Å²) in [5.41, 5.74) is 1.16. The van der Waals surface area contributed by atoms with Crippen molar-refractivity contribution in [2.75, 3.05) is 0 Å². The van der Waals surface area contributed by atoms with Crippen LogP contribution in [0.4, 0.5) is 0 Å². The Hall–Kier alpha value is -1.12. The van der Waals surface area contributed by atoms with Gasteiger partial charge in [-0.25, -0.2) is 0 Å². The average molecular weight is 250 g/mol. The molecule has 0 aliphatic heterocycles. The van der Waals surface area contributed by atoms with E-state index in [2.05, 4.69) is 12.0 Å². The number of hydrogen-bond acceptors (Lipinski definition) is 2. The topological polar surface area (TPSA) is 34.9 Å². The van der Waals surface area contributed by atoms with Gasteiger partial charge in [-0.05, 0) is 18.4 Å². The molecule has 102 valence electrons. The van der Waals surface area contributed by atoms with Gasteiger partial charge in [-0.15, -0.1) is 0 Å². The maximum Gasteiger partial charge on any atom is 0.133 e. The number of aromatic nitrogens is 2. The molecule has 1 aromatic rings. The molecule has 0 aliphatic carbocycles. The van der Waals surface area contributed by atoms with E-state index in [-0.39, 0.29) is 0 Å². The third-order valence-electron chi connectivity index (χ3n) is 3.26. The Balaban J connectivity index is 2.00. The maximum atomic E-state index is 11.7. The van der Waals surface area contributed by atoms with E-state index in [9.17, 15) is 4.79 Å². The first-order valence-electron chi connectivity index (χ1n) is 7.21. The minimum Gasteiger partial charge on any atom is -0.300 e. The van der Waals surface area contributed by atoms with Gasteiger partial charge in [0.25, 0.3) is 0 Å². The number of rotatable bonds is 10. The average Bonchev–Trinajstić information content (AvgIpc) is 2.77. The summed E-state index contributed by atoms with van der Waals surface area (Å²) in [7, 11) is 1.90. The minimum atomic E-state index is 0.398. The van der Waals surface area contributed by atoms with Gasteiger partial charge >= 0.3 is 0 Å². The number of nitrogens with zero attached hydrogens (tertiary/aromatic N) is 2. The van der Waals surface area contributed by atoms with Crippen LogP contribution in [0.25, 0.3) is 0 Å². The van der Waals surface area contributed by atoms with Crippen molar-refractivity contribution >= 4 is 5.78 Å². The molecule has 1 aromatic heterocycles. The van der Waals surface area contributed by atoms with Gasteiger partial charge in [-0.3, -0.25) is 9.48 Å². The van der Waals surface area contributed by atoms with Crippen molar-refractivity contribution in [2.24, 2.45) is 7.05 Å². The summed E-state index contributed by atoms with van der Waals surface area (Å²) in [5.74, 6) is 0.398. The lowest BCUT2D eigenvalue weighted by Crippen LogP contribution is -1.99. The zero-order chi connectivity index (χ0) is 13.2. The quantitative estimate of drug-likeness (QED) is 0.594. The molecule has 0 unspecified atom stereocenters. The second kappa shape index (κ2) is 8.90. The van der Waals surface area contributed by atoms with Gasteiger partial charge in [0, 0.05) is 26.1 Å². The minimum absolute atomic E-state index is 0.398. The largest absolute Gasteiger partial charge is 0.300 e. The monoisotopic (exact) mass is 250 g/mol. The summed E-state index contributed by atoms with van der Waals surface area (Å²) in [6.07, 6.45) is 13.6. The molecule has 0 N–H and O–H groups in total. The molecule has 0 bridgehead atoms. The highest BCUT2D eigenvalue weighted by atomic mass is 16.1. The predicted octanol–water partition coefficient (Wildman–Crippen LogP) is 3.67.